The molecule has 24 heavy (non-hydrogen) atoms. The van der Waals surface area contributed by atoms with Gasteiger partial charge in [-0.25, -0.2) is 4.98 Å². The SMILES string of the molecule is CCOCCn1c(CO)nc2ccc(Oc3ccc(C)cc3)cc21. The van der Waals surface area contributed by atoms with Crippen molar-refractivity contribution in [3.63, 3.8) is 0 Å². The summed E-state index contributed by atoms with van der Waals surface area (Å²) >= 11 is 0. The molecule has 0 bridgehead atoms. The van der Waals surface area contributed by atoms with Gasteiger partial charge in [-0.2, -0.15) is 0 Å². The molecular weight excluding hydrogens is 304 g/mol. The van der Waals surface area contributed by atoms with Crippen molar-refractivity contribution in [2.24, 2.45) is 0 Å². The van der Waals surface area contributed by atoms with E-state index in [0.717, 1.165) is 22.5 Å². The predicted octanol–water partition coefficient (Wildman–Crippen LogP) is 3.67. The first-order valence-corrected chi connectivity index (χ1v) is 8.13. The van der Waals surface area contributed by atoms with E-state index < -0.39 is 0 Å². The van der Waals surface area contributed by atoms with Crippen LogP contribution in [0.2, 0.25) is 0 Å². The summed E-state index contributed by atoms with van der Waals surface area (Å²) < 4.78 is 13.3. The molecule has 1 aromatic heterocycles. The summed E-state index contributed by atoms with van der Waals surface area (Å²) in [6, 6.07) is 13.7. The van der Waals surface area contributed by atoms with Crippen LogP contribution in [-0.4, -0.2) is 27.9 Å². The highest BCUT2D eigenvalue weighted by molar-refractivity contribution is 5.78. The fraction of sp³-hybridized carbons (Fsp3) is 0.316. The molecule has 0 radical (unpaired) electrons. The molecule has 2 aromatic carbocycles. The fourth-order valence-electron chi connectivity index (χ4n) is 2.63. The van der Waals surface area contributed by atoms with Crippen LogP contribution in [0.15, 0.2) is 42.5 Å². The third-order valence-corrected chi connectivity index (χ3v) is 3.86. The van der Waals surface area contributed by atoms with Gasteiger partial charge in [-0.3, -0.25) is 0 Å². The molecule has 5 heteroatoms. The highest BCUT2D eigenvalue weighted by Gasteiger charge is 2.11. The van der Waals surface area contributed by atoms with Crippen LogP contribution in [0.3, 0.4) is 0 Å². The second kappa shape index (κ2) is 7.47. The van der Waals surface area contributed by atoms with Crippen molar-refractivity contribution in [3.05, 3.63) is 53.9 Å². The van der Waals surface area contributed by atoms with Gasteiger partial charge in [0.05, 0.1) is 17.6 Å². The van der Waals surface area contributed by atoms with Crippen LogP contribution in [0.4, 0.5) is 0 Å². The van der Waals surface area contributed by atoms with Crippen molar-refractivity contribution >= 4 is 11.0 Å². The molecule has 0 saturated carbocycles. The molecule has 3 rings (SSSR count). The van der Waals surface area contributed by atoms with E-state index in [9.17, 15) is 5.11 Å². The van der Waals surface area contributed by atoms with E-state index in [1.54, 1.807) is 0 Å². The molecule has 0 aliphatic rings. The summed E-state index contributed by atoms with van der Waals surface area (Å²) in [4.78, 5) is 4.47. The molecule has 1 N–H and O–H groups in total. The zero-order valence-corrected chi connectivity index (χ0v) is 14.0. The molecule has 0 atom stereocenters. The molecule has 0 spiro atoms. The van der Waals surface area contributed by atoms with Gasteiger partial charge in [0.15, 0.2) is 0 Å². The number of aryl methyl sites for hydroxylation is 1. The van der Waals surface area contributed by atoms with Crippen LogP contribution >= 0.6 is 0 Å². The van der Waals surface area contributed by atoms with Gasteiger partial charge in [-0.15, -0.1) is 0 Å². The van der Waals surface area contributed by atoms with Crippen LogP contribution in [0.1, 0.15) is 18.3 Å². The highest BCUT2D eigenvalue weighted by atomic mass is 16.5. The molecule has 0 amide bonds. The van der Waals surface area contributed by atoms with E-state index in [2.05, 4.69) is 4.98 Å². The van der Waals surface area contributed by atoms with Crippen LogP contribution in [-0.2, 0) is 17.9 Å². The molecule has 0 aliphatic carbocycles. The molecular formula is C19H22N2O3. The molecule has 3 aromatic rings. The summed E-state index contributed by atoms with van der Waals surface area (Å²) in [5.41, 5.74) is 2.97. The summed E-state index contributed by atoms with van der Waals surface area (Å²) in [7, 11) is 0. The minimum Gasteiger partial charge on any atom is -0.457 e. The Morgan fingerprint density at radius 2 is 1.83 bits per heavy atom. The molecule has 0 fully saturated rings. The average Bonchev–Trinajstić information content (AvgIpc) is 2.94. The maximum Gasteiger partial charge on any atom is 0.135 e. The van der Waals surface area contributed by atoms with E-state index >= 15 is 0 Å². The number of rotatable bonds is 7. The Balaban J connectivity index is 1.90. The molecule has 1 heterocycles. The zero-order chi connectivity index (χ0) is 16.9. The number of hydrogen-bond donors (Lipinski definition) is 1. The first kappa shape index (κ1) is 16.5. The third kappa shape index (κ3) is 3.58. The number of ether oxygens (including phenoxy) is 2. The van der Waals surface area contributed by atoms with Crippen LogP contribution in [0, 0.1) is 6.92 Å². The second-order valence-electron chi connectivity index (χ2n) is 5.60. The van der Waals surface area contributed by atoms with Gasteiger partial charge in [-0.1, -0.05) is 17.7 Å². The molecule has 5 nitrogen and oxygen atoms in total. The Morgan fingerprint density at radius 3 is 2.54 bits per heavy atom. The Morgan fingerprint density at radius 1 is 1.08 bits per heavy atom. The standard InChI is InChI=1S/C19H22N2O3/c1-3-23-11-10-21-18-12-16(8-9-17(18)20-19(21)13-22)24-15-6-4-14(2)5-7-15/h4-9,12,22H,3,10-11,13H2,1-2H3. The summed E-state index contributed by atoms with van der Waals surface area (Å²) in [6.07, 6.45) is 0. The summed E-state index contributed by atoms with van der Waals surface area (Å²) in [6.45, 7) is 5.81. The van der Waals surface area contributed by atoms with Crippen LogP contribution < -0.4 is 4.74 Å². The van der Waals surface area contributed by atoms with Crippen molar-refractivity contribution in [1.82, 2.24) is 9.55 Å². The van der Waals surface area contributed by atoms with E-state index in [-0.39, 0.29) is 6.61 Å². The van der Waals surface area contributed by atoms with E-state index in [4.69, 9.17) is 9.47 Å². The van der Waals surface area contributed by atoms with Crippen molar-refractivity contribution in [3.8, 4) is 11.5 Å². The Kier molecular flexibility index (Phi) is 5.13. The normalized spacial score (nSPS) is 11.1. The van der Waals surface area contributed by atoms with Gasteiger partial charge in [0.2, 0.25) is 0 Å². The Labute approximate surface area is 141 Å². The Bertz CT molecular complexity index is 809. The second-order valence-corrected chi connectivity index (χ2v) is 5.60. The lowest BCUT2D eigenvalue weighted by Gasteiger charge is -2.09. The van der Waals surface area contributed by atoms with Crippen LogP contribution in [0.5, 0.6) is 11.5 Å². The Hall–Kier alpha value is -2.37. The maximum absolute atomic E-state index is 9.55. The van der Waals surface area contributed by atoms with Crippen molar-refractivity contribution in [1.29, 1.82) is 0 Å². The third-order valence-electron chi connectivity index (χ3n) is 3.86. The number of aromatic nitrogens is 2. The van der Waals surface area contributed by atoms with Gasteiger partial charge < -0.3 is 19.1 Å². The number of nitrogens with zero attached hydrogens (tertiary/aromatic N) is 2. The fourth-order valence-corrected chi connectivity index (χ4v) is 2.63. The van der Waals surface area contributed by atoms with Crippen molar-refractivity contribution < 1.29 is 14.6 Å². The van der Waals surface area contributed by atoms with Gasteiger partial charge in [0.25, 0.3) is 0 Å². The highest BCUT2D eigenvalue weighted by Crippen LogP contribution is 2.26. The van der Waals surface area contributed by atoms with E-state index in [1.807, 2.05) is 60.9 Å². The van der Waals surface area contributed by atoms with Gasteiger partial charge in [0, 0.05) is 19.2 Å². The smallest absolute Gasteiger partial charge is 0.135 e. The van der Waals surface area contributed by atoms with E-state index in [0.29, 0.717) is 25.6 Å². The first-order valence-electron chi connectivity index (χ1n) is 8.13. The average molecular weight is 326 g/mol. The number of benzene rings is 2. The maximum atomic E-state index is 9.55. The minimum atomic E-state index is -0.102. The van der Waals surface area contributed by atoms with Gasteiger partial charge in [-0.05, 0) is 38.1 Å². The number of imidazole rings is 1. The van der Waals surface area contributed by atoms with Crippen molar-refractivity contribution in [2.45, 2.75) is 27.0 Å². The lowest BCUT2D eigenvalue weighted by atomic mass is 10.2. The first-order chi connectivity index (χ1) is 11.7. The monoisotopic (exact) mass is 326 g/mol. The molecule has 0 unspecified atom stereocenters. The molecule has 0 aliphatic heterocycles. The number of fused-ring (bicyclic) bond motifs is 1. The lowest BCUT2D eigenvalue weighted by Crippen LogP contribution is -2.09. The quantitative estimate of drug-likeness (QED) is 0.673. The predicted molar refractivity (Wildman–Crippen MR) is 93.4 cm³/mol. The topological polar surface area (TPSA) is 56.5 Å². The number of hydrogen-bond acceptors (Lipinski definition) is 4. The van der Waals surface area contributed by atoms with E-state index in [1.165, 1.54) is 5.56 Å². The lowest BCUT2D eigenvalue weighted by molar-refractivity contribution is 0.137. The number of aliphatic hydroxyl groups is 1. The minimum absolute atomic E-state index is 0.102. The summed E-state index contributed by atoms with van der Waals surface area (Å²) in [5.74, 6) is 2.17. The largest absolute Gasteiger partial charge is 0.457 e. The van der Waals surface area contributed by atoms with Crippen molar-refractivity contribution in [2.75, 3.05) is 13.2 Å². The zero-order valence-electron chi connectivity index (χ0n) is 14.0. The van der Waals surface area contributed by atoms with Crippen LogP contribution in [0.25, 0.3) is 11.0 Å². The summed E-state index contributed by atoms with van der Waals surface area (Å²) in [5, 5.41) is 9.55. The number of aliphatic hydroxyl groups excluding tert-OH is 1. The molecule has 126 valence electrons. The molecule has 0 saturated heterocycles. The van der Waals surface area contributed by atoms with Gasteiger partial charge >= 0.3 is 0 Å². The van der Waals surface area contributed by atoms with Gasteiger partial charge in [0.1, 0.15) is 23.9 Å².